The first kappa shape index (κ1) is 18.0. The van der Waals surface area contributed by atoms with Crippen LogP contribution in [0.2, 0.25) is 0 Å². The summed E-state index contributed by atoms with van der Waals surface area (Å²) in [5.74, 6) is -2.33. The molecule has 2 atom stereocenters. The maximum absolute atomic E-state index is 12.9. The van der Waals surface area contributed by atoms with E-state index in [1.165, 1.54) is 0 Å². The Labute approximate surface area is 141 Å². The number of hydrogen-bond acceptors (Lipinski definition) is 4. The number of ether oxygens (including phenoxy) is 1. The average Bonchev–Trinajstić information content (AvgIpc) is 2.85. The Morgan fingerprint density at radius 3 is 2.46 bits per heavy atom. The van der Waals surface area contributed by atoms with Crippen LogP contribution in [0.1, 0.15) is 32.8 Å². The molecule has 130 valence electrons. The third-order valence-electron chi connectivity index (χ3n) is 4.23. The van der Waals surface area contributed by atoms with Crippen molar-refractivity contribution in [1.82, 2.24) is 4.90 Å². The lowest BCUT2D eigenvalue weighted by Gasteiger charge is -2.32. The van der Waals surface area contributed by atoms with Gasteiger partial charge in [-0.2, -0.15) is 0 Å². The Kier molecular flexibility index (Phi) is 5.26. The molecule has 0 aromatic heterocycles. The van der Waals surface area contributed by atoms with Crippen LogP contribution >= 0.6 is 0 Å². The van der Waals surface area contributed by atoms with Crippen molar-refractivity contribution in [1.29, 1.82) is 0 Å². The van der Waals surface area contributed by atoms with Crippen LogP contribution in [-0.2, 0) is 20.7 Å². The van der Waals surface area contributed by atoms with Gasteiger partial charge < -0.3 is 9.84 Å². The number of amides is 2. The van der Waals surface area contributed by atoms with Gasteiger partial charge in [0, 0.05) is 0 Å². The molecule has 1 aromatic carbocycles. The van der Waals surface area contributed by atoms with Crippen LogP contribution < -0.4 is 0 Å². The number of aliphatic carboxylic acids is 1. The zero-order chi connectivity index (χ0) is 17.9. The van der Waals surface area contributed by atoms with Gasteiger partial charge in [-0.25, -0.2) is 9.69 Å². The van der Waals surface area contributed by atoms with Crippen LogP contribution in [0.3, 0.4) is 0 Å². The van der Waals surface area contributed by atoms with E-state index in [1.807, 2.05) is 30.3 Å². The van der Waals surface area contributed by atoms with Crippen molar-refractivity contribution >= 4 is 18.0 Å². The molecule has 1 aliphatic rings. The minimum absolute atomic E-state index is 0.128. The maximum atomic E-state index is 12.9. The largest absolute Gasteiger partial charge is 0.481 e. The van der Waals surface area contributed by atoms with Gasteiger partial charge in [0.2, 0.25) is 5.91 Å². The van der Waals surface area contributed by atoms with Crippen LogP contribution in [0.15, 0.2) is 30.3 Å². The van der Waals surface area contributed by atoms with Crippen LogP contribution in [0.4, 0.5) is 4.79 Å². The molecule has 0 aliphatic carbocycles. The Bertz CT molecular complexity index is 620. The van der Waals surface area contributed by atoms with Crippen molar-refractivity contribution < 1.29 is 24.2 Å². The quantitative estimate of drug-likeness (QED) is 0.895. The number of hydrogen-bond donors (Lipinski definition) is 1. The molecule has 0 bridgehead atoms. The van der Waals surface area contributed by atoms with Crippen molar-refractivity contribution in [2.24, 2.45) is 11.3 Å². The molecule has 0 saturated carbocycles. The molecule has 1 heterocycles. The van der Waals surface area contributed by atoms with Gasteiger partial charge in [-0.15, -0.1) is 0 Å². The van der Waals surface area contributed by atoms with E-state index >= 15 is 0 Å². The lowest BCUT2D eigenvalue weighted by molar-refractivity contribution is -0.146. The highest BCUT2D eigenvalue weighted by Crippen LogP contribution is 2.32. The summed E-state index contributed by atoms with van der Waals surface area (Å²) in [5.41, 5.74) is 0.416. The number of carboxylic acid groups (broad SMARTS) is 1. The zero-order valence-electron chi connectivity index (χ0n) is 14.2. The fourth-order valence-electron chi connectivity index (χ4n) is 2.87. The summed E-state index contributed by atoms with van der Waals surface area (Å²) >= 11 is 0. The van der Waals surface area contributed by atoms with Gasteiger partial charge in [0.05, 0.1) is 18.4 Å². The molecule has 2 rings (SSSR count). The normalized spacial score (nSPS) is 19.0. The van der Waals surface area contributed by atoms with Gasteiger partial charge in [-0.3, -0.25) is 9.59 Å². The average molecular weight is 333 g/mol. The first-order valence-electron chi connectivity index (χ1n) is 7.95. The minimum atomic E-state index is -1.06. The highest BCUT2D eigenvalue weighted by Gasteiger charge is 2.44. The molecule has 6 heteroatoms. The molecular formula is C18H23NO5. The molecule has 1 N–H and O–H groups in total. The number of rotatable bonds is 5. The van der Waals surface area contributed by atoms with Crippen LogP contribution in [0.25, 0.3) is 0 Å². The van der Waals surface area contributed by atoms with Gasteiger partial charge in [0.25, 0.3) is 0 Å². The molecule has 1 fully saturated rings. The summed E-state index contributed by atoms with van der Waals surface area (Å²) in [4.78, 5) is 37.2. The number of carboxylic acids is 1. The molecule has 2 amide bonds. The van der Waals surface area contributed by atoms with Gasteiger partial charge in [-0.1, -0.05) is 51.1 Å². The van der Waals surface area contributed by atoms with Crippen LogP contribution in [0.5, 0.6) is 0 Å². The van der Waals surface area contributed by atoms with Crippen LogP contribution in [0, 0.1) is 11.3 Å². The standard InChI is InChI=1S/C18H23NO5/c1-18(2,3)14(10-15(20)21)16(22)19-13(11-24-17(19)23)9-12-7-5-4-6-8-12/h4-8,13-14H,9-11H2,1-3H3,(H,20,21). The molecule has 1 saturated heterocycles. The van der Waals surface area contributed by atoms with Crippen molar-refractivity contribution in [3.8, 4) is 0 Å². The SMILES string of the molecule is CC(C)(C)C(CC(=O)O)C(=O)N1C(=O)OCC1Cc1ccccc1. The predicted octanol–water partition coefficient (Wildman–Crippen LogP) is 2.71. The third-order valence-corrected chi connectivity index (χ3v) is 4.23. The second kappa shape index (κ2) is 7.03. The second-order valence-electron chi connectivity index (χ2n) is 7.15. The van der Waals surface area contributed by atoms with E-state index in [0.29, 0.717) is 6.42 Å². The van der Waals surface area contributed by atoms with E-state index in [1.54, 1.807) is 20.8 Å². The fraction of sp³-hybridized carbons (Fsp3) is 0.500. The summed E-state index contributed by atoms with van der Waals surface area (Å²) in [5, 5.41) is 9.12. The predicted molar refractivity (Wildman–Crippen MR) is 87.3 cm³/mol. The summed E-state index contributed by atoms with van der Waals surface area (Å²) < 4.78 is 5.06. The van der Waals surface area contributed by atoms with Gasteiger partial charge in [-0.05, 0) is 17.4 Å². The Hall–Kier alpha value is -2.37. The number of imide groups is 1. The molecule has 1 aliphatic heterocycles. The smallest absolute Gasteiger partial charge is 0.416 e. The Balaban J connectivity index is 2.23. The van der Waals surface area contributed by atoms with Crippen molar-refractivity contribution in [2.75, 3.05) is 6.61 Å². The minimum Gasteiger partial charge on any atom is -0.481 e. The third kappa shape index (κ3) is 4.13. The van der Waals surface area contributed by atoms with E-state index in [-0.39, 0.29) is 13.0 Å². The van der Waals surface area contributed by atoms with E-state index in [4.69, 9.17) is 9.84 Å². The molecule has 6 nitrogen and oxygen atoms in total. The first-order valence-corrected chi connectivity index (χ1v) is 7.95. The van der Waals surface area contributed by atoms with Gasteiger partial charge in [0.15, 0.2) is 0 Å². The lowest BCUT2D eigenvalue weighted by atomic mass is 9.77. The monoisotopic (exact) mass is 333 g/mol. The van der Waals surface area contributed by atoms with E-state index < -0.39 is 35.3 Å². The molecule has 0 radical (unpaired) electrons. The number of carbonyl (C=O) groups excluding carboxylic acids is 2. The summed E-state index contributed by atoms with van der Waals surface area (Å²) in [6, 6.07) is 9.10. The fourth-order valence-corrected chi connectivity index (χ4v) is 2.87. The summed E-state index contributed by atoms with van der Waals surface area (Å²) in [6.07, 6.45) is -0.521. The van der Waals surface area contributed by atoms with E-state index in [2.05, 4.69) is 0 Å². The van der Waals surface area contributed by atoms with Crippen molar-refractivity contribution in [3.05, 3.63) is 35.9 Å². The van der Waals surface area contributed by atoms with Gasteiger partial charge >= 0.3 is 12.1 Å². The Morgan fingerprint density at radius 1 is 1.29 bits per heavy atom. The molecular weight excluding hydrogens is 310 g/mol. The molecule has 1 aromatic rings. The van der Waals surface area contributed by atoms with Crippen molar-refractivity contribution in [3.63, 3.8) is 0 Å². The van der Waals surface area contributed by atoms with E-state index in [9.17, 15) is 14.4 Å². The summed E-state index contributed by atoms with van der Waals surface area (Å²) in [6.45, 7) is 5.52. The highest BCUT2D eigenvalue weighted by atomic mass is 16.6. The highest BCUT2D eigenvalue weighted by molar-refractivity contribution is 5.96. The van der Waals surface area contributed by atoms with Crippen molar-refractivity contribution in [2.45, 2.75) is 39.7 Å². The number of benzene rings is 1. The van der Waals surface area contributed by atoms with E-state index in [0.717, 1.165) is 10.5 Å². The lowest BCUT2D eigenvalue weighted by Crippen LogP contribution is -2.47. The number of carbonyl (C=O) groups is 3. The second-order valence-corrected chi connectivity index (χ2v) is 7.15. The molecule has 0 spiro atoms. The molecule has 24 heavy (non-hydrogen) atoms. The number of nitrogens with zero attached hydrogens (tertiary/aromatic N) is 1. The zero-order valence-corrected chi connectivity index (χ0v) is 14.2. The number of cyclic esters (lactones) is 1. The Morgan fingerprint density at radius 2 is 1.92 bits per heavy atom. The van der Waals surface area contributed by atoms with Gasteiger partial charge in [0.1, 0.15) is 6.61 Å². The first-order chi connectivity index (χ1) is 11.2. The molecule has 2 unspecified atom stereocenters. The maximum Gasteiger partial charge on any atom is 0.416 e. The topological polar surface area (TPSA) is 83.9 Å². The summed E-state index contributed by atoms with van der Waals surface area (Å²) in [7, 11) is 0. The van der Waals surface area contributed by atoms with Crippen LogP contribution in [-0.4, -0.2) is 40.6 Å².